The number of rotatable bonds is 6. The van der Waals surface area contributed by atoms with Crippen molar-refractivity contribution in [2.75, 3.05) is 6.54 Å². The SMILES string of the molecule is CC(N)CCNC(=O)CCCC(C)(C)C. The van der Waals surface area contributed by atoms with Gasteiger partial charge in [0.15, 0.2) is 0 Å². The monoisotopic (exact) mass is 214 g/mol. The molecule has 0 heterocycles. The van der Waals surface area contributed by atoms with E-state index in [1.165, 1.54) is 0 Å². The van der Waals surface area contributed by atoms with E-state index in [4.69, 9.17) is 5.73 Å². The molecule has 0 rings (SSSR count). The Morgan fingerprint density at radius 2 is 2.00 bits per heavy atom. The van der Waals surface area contributed by atoms with Crippen molar-refractivity contribution in [2.45, 2.75) is 59.4 Å². The Morgan fingerprint density at radius 1 is 1.40 bits per heavy atom. The van der Waals surface area contributed by atoms with Crippen LogP contribution in [0.1, 0.15) is 53.4 Å². The van der Waals surface area contributed by atoms with Crippen molar-refractivity contribution < 1.29 is 4.79 Å². The second kappa shape index (κ2) is 6.83. The first-order valence-corrected chi connectivity index (χ1v) is 5.83. The molecule has 1 unspecified atom stereocenters. The van der Waals surface area contributed by atoms with E-state index < -0.39 is 0 Å². The molecule has 0 bridgehead atoms. The highest BCUT2D eigenvalue weighted by Gasteiger charge is 2.10. The highest BCUT2D eigenvalue weighted by Crippen LogP contribution is 2.21. The van der Waals surface area contributed by atoms with Gasteiger partial charge in [0.2, 0.25) is 5.91 Å². The summed E-state index contributed by atoms with van der Waals surface area (Å²) in [5.41, 5.74) is 5.91. The van der Waals surface area contributed by atoms with E-state index in [1.54, 1.807) is 0 Å². The van der Waals surface area contributed by atoms with Crippen LogP contribution in [0.3, 0.4) is 0 Å². The molecule has 0 aliphatic rings. The first-order chi connectivity index (χ1) is 6.81. The molecule has 0 spiro atoms. The zero-order valence-electron chi connectivity index (χ0n) is 10.6. The molecule has 0 aromatic rings. The van der Waals surface area contributed by atoms with Gasteiger partial charge in [0.25, 0.3) is 0 Å². The molecule has 0 saturated carbocycles. The van der Waals surface area contributed by atoms with Crippen LogP contribution in [0, 0.1) is 5.41 Å². The number of amides is 1. The summed E-state index contributed by atoms with van der Waals surface area (Å²) in [6, 6.07) is 0.167. The Balaban J connectivity index is 3.42. The minimum atomic E-state index is 0.153. The summed E-state index contributed by atoms with van der Waals surface area (Å²) in [6.45, 7) is 9.24. The fraction of sp³-hybridized carbons (Fsp3) is 0.917. The van der Waals surface area contributed by atoms with Gasteiger partial charge in [-0.3, -0.25) is 4.79 Å². The van der Waals surface area contributed by atoms with Gasteiger partial charge in [0.1, 0.15) is 0 Å². The van der Waals surface area contributed by atoms with E-state index in [0.29, 0.717) is 18.4 Å². The summed E-state index contributed by atoms with van der Waals surface area (Å²) >= 11 is 0. The van der Waals surface area contributed by atoms with Crippen LogP contribution in [0.25, 0.3) is 0 Å². The van der Waals surface area contributed by atoms with Crippen LogP contribution in [0.15, 0.2) is 0 Å². The van der Waals surface area contributed by atoms with Crippen molar-refractivity contribution in [3.63, 3.8) is 0 Å². The Morgan fingerprint density at radius 3 is 2.47 bits per heavy atom. The quantitative estimate of drug-likeness (QED) is 0.711. The molecule has 0 aromatic heterocycles. The van der Waals surface area contributed by atoms with Gasteiger partial charge < -0.3 is 11.1 Å². The second-order valence-corrected chi connectivity index (χ2v) is 5.53. The Hall–Kier alpha value is -0.570. The summed E-state index contributed by atoms with van der Waals surface area (Å²) in [5, 5.41) is 2.88. The van der Waals surface area contributed by atoms with Gasteiger partial charge in [-0.15, -0.1) is 0 Å². The zero-order valence-corrected chi connectivity index (χ0v) is 10.6. The van der Waals surface area contributed by atoms with Crippen molar-refractivity contribution >= 4 is 5.91 Å². The first kappa shape index (κ1) is 14.4. The Labute approximate surface area is 93.8 Å². The fourth-order valence-electron chi connectivity index (χ4n) is 1.31. The van der Waals surface area contributed by atoms with Crippen LogP contribution >= 0.6 is 0 Å². The van der Waals surface area contributed by atoms with Crippen molar-refractivity contribution in [1.82, 2.24) is 5.32 Å². The van der Waals surface area contributed by atoms with Crippen LogP contribution < -0.4 is 11.1 Å². The third-order valence-electron chi connectivity index (χ3n) is 2.25. The minimum Gasteiger partial charge on any atom is -0.356 e. The topological polar surface area (TPSA) is 55.1 Å². The number of nitrogens with one attached hydrogen (secondary N) is 1. The summed E-state index contributed by atoms with van der Waals surface area (Å²) in [4.78, 5) is 11.4. The lowest BCUT2D eigenvalue weighted by atomic mass is 9.90. The molecular formula is C12H26N2O. The van der Waals surface area contributed by atoms with E-state index >= 15 is 0 Å². The summed E-state index contributed by atoms with van der Waals surface area (Å²) in [7, 11) is 0. The van der Waals surface area contributed by atoms with Gasteiger partial charge >= 0.3 is 0 Å². The van der Waals surface area contributed by atoms with E-state index in [0.717, 1.165) is 19.3 Å². The van der Waals surface area contributed by atoms with Crippen LogP contribution in [0.4, 0.5) is 0 Å². The smallest absolute Gasteiger partial charge is 0.219 e. The third kappa shape index (κ3) is 11.4. The number of hydrogen-bond donors (Lipinski definition) is 2. The predicted octanol–water partition coefficient (Wildman–Crippen LogP) is 2.06. The zero-order chi connectivity index (χ0) is 11.9. The molecule has 3 nitrogen and oxygen atoms in total. The normalized spacial score (nSPS) is 13.7. The molecule has 0 fully saturated rings. The standard InChI is InChI=1S/C12H26N2O/c1-10(13)7-9-14-11(15)6-5-8-12(2,3)4/h10H,5-9,13H2,1-4H3,(H,14,15). The number of nitrogens with two attached hydrogens (primary N) is 1. The average Bonchev–Trinajstić information content (AvgIpc) is 2.00. The molecule has 0 aliphatic carbocycles. The molecule has 1 atom stereocenters. The first-order valence-electron chi connectivity index (χ1n) is 5.83. The maximum absolute atomic E-state index is 11.4. The average molecular weight is 214 g/mol. The van der Waals surface area contributed by atoms with E-state index in [-0.39, 0.29) is 11.9 Å². The molecule has 3 N–H and O–H groups in total. The molecule has 90 valence electrons. The summed E-state index contributed by atoms with van der Waals surface area (Å²) < 4.78 is 0. The van der Waals surface area contributed by atoms with E-state index in [9.17, 15) is 4.79 Å². The molecular weight excluding hydrogens is 188 g/mol. The predicted molar refractivity (Wildman–Crippen MR) is 64.6 cm³/mol. The van der Waals surface area contributed by atoms with Crippen LogP contribution in [-0.4, -0.2) is 18.5 Å². The number of carbonyl (C=O) groups excluding carboxylic acids is 1. The van der Waals surface area contributed by atoms with Crippen LogP contribution in [0.5, 0.6) is 0 Å². The molecule has 0 aromatic carbocycles. The minimum absolute atomic E-state index is 0.153. The Kier molecular flexibility index (Phi) is 6.57. The van der Waals surface area contributed by atoms with Gasteiger partial charge in [-0.05, 0) is 31.6 Å². The summed E-state index contributed by atoms with van der Waals surface area (Å²) in [5.74, 6) is 0.153. The van der Waals surface area contributed by atoms with Crippen molar-refractivity contribution in [3.05, 3.63) is 0 Å². The maximum Gasteiger partial charge on any atom is 0.219 e. The third-order valence-corrected chi connectivity index (χ3v) is 2.25. The van der Waals surface area contributed by atoms with Crippen molar-refractivity contribution in [2.24, 2.45) is 11.1 Å². The van der Waals surface area contributed by atoms with Gasteiger partial charge in [0, 0.05) is 19.0 Å². The molecule has 3 heteroatoms. The highest BCUT2D eigenvalue weighted by molar-refractivity contribution is 5.75. The van der Waals surface area contributed by atoms with Gasteiger partial charge in [-0.1, -0.05) is 20.8 Å². The van der Waals surface area contributed by atoms with Crippen LogP contribution in [-0.2, 0) is 4.79 Å². The van der Waals surface area contributed by atoms with Crippen LogP contribution in [0.2, 0.25) is 0 Å². The van der Waals surface area contributed by atoms with E-state index in [2.05, 4.69) is 26.1 Å². The number of carbonyl (C=O) groups is 1. The van der Waals surface area contributed by atoms with Gasteiger partial charge in [-0.25, -0.2) is 0 Å². The lowest BCUT2D eigenvalue weighted by molar-refractivity contribution is -0.121. The molecule has 0 saturated heterocycles. The molecule has 0 radical (unpaired) electrons. The fourth-order valence-corrected chi connectivity index (χ4v) is 1.31. The number of hydrogen-bond acceptors (Lipinski definition) is 2. The van der Waals surface area contributed by atoms with Gasteiger partial charge in [-0.2, -0.15) is 0 Å². The lowest BCUT2D eigenvalue weighted by Crippen LogP contribution is -2.28. The lowest BCUT2D eigenvalue weighted by Gasteiger charge is -2.17. The molecule has 0 aliphatic heterocycles. The van der Waals surface area contributed by atoms with Crippen molar-refractivity contribution in [1.29, 1.82) is 0 Å². The second-order valence-electron chi connectivity index (χ2n) is 5.53. The molecule has 1 amide bonds. The van der Waals surface area contributed by atoms with Crippen molar-refractivity contribution in [3.8, 4) is 0 Å². The highest BCUT2D eigenvalue weighted by atomic mass is 16.1. The summed E-state index contributed by atoms with van der Waals surface area (Å²) in [6.07, 6.45) is 3.54. The van der Waals surface area contributed by atoms with E-state index in [1.807, 2.05) is 6.92 Å². The van der Waals surface area contributed by atoms with Gasteiger partial charge in [0.05, 0.1) is 0 Å². The molecule has 15 heavy (non-hydrogen) atoms. The Bertz CT molecular complexity index is 183. The largest absolute Gasteiger partial charge is 0.356 e. The maximum atomic E-state index is 11.4.